The number of amides is 1. The number of rotatable bonds is 6. The smallest absolute Gasteiger partial charge is 0.349 e. The predicted molar refractivity (Wildman–Crippen MR) is 126 cm³/mol. The van der Waals surface area contributed by atoms with Crippen molar-refractivity contribution in [3.8, 4) is 5.75 Å². The van der Waals surface area contributed by atoms with Gasteiger partial charge in [-0.3, -0.25) is 9.69 Å². The quantitative estimate of drug-likeness (QED) is 0.405. The molecule has 0 atom stereocenters. The van der Waals surface area contributed by atoms with Gasteiger partial charge in [0.15, 0.2) is 5.13 Å². The van der Waals surface area contributed by atoms with Crippen LogP contribution in [-0.2, 0) is 0 Å². The Morgan fingerprint density at radius 1 is 1.13 bits per heavy atom. The predicted octanol–water partition coefficient (Wildman–Crippen LogP) is 4.04. The number of carbonyl (C=O) groups excluding carboxylic acids is 1. The van der Waals surface area contributed by atoms with Gasteiger partial charge in [0.1, 0.15) is 22.4 Å². The molecule has 2 aromatic carbocycles. The Kier molecular flexibility index (Phi) is 6.94. The molecular formula is C22H22ClN3O4S. The summed E-state index contributed by atoms with van der Waals surface area (Å²) < 4.78 is 11.7. The summed E-state index contributed by atoms with van der Waals surface area (Å²) in [5.74, 6) is 0.203. The number of halogens is 1. The van der Waals surface area contributed by atoms with Gasteiger partial charge < -0.3 is 14.1 Å². The molecule has 1 amide bonds. The van der Waals surface area contributed by atoms with Crippen molar-refractivity contribution in [3.63, 3.8) is 0 Å². The van der Waals surface area contributed by atoms with Gasteiger partial charge in [-0.25, -0.2) is 9.78 Å². The standard InChI is InChI=1S/C22H21N3O4S.ClH/c1-24(2)11-12-25(22-23-19-17(28-3)9-6-10-18(19)30-22)20(26)15-13-14-7-4-5-8-16(14)29-21(15)27;/h4-10,13H,11-12H2,1-3H3;1H. The second-order valence-corrected chi connectivity index (χ2v) is 8.06. The lowest BCUT2D eigenvalue weighted by molar-refractivity contribution is 0.0982. The Morgan fingerprint density at radius 2 is 1.90 bits per heavy atom. The fourth-order valence-corrected chi connectivity index (χ4v) is 4.14. The zero-order valence-corrected chi connectivity index (χ0v) is 19.0. The molecular weight excluding hydrogens is 438 g/mol. The Morgan fingerprint density at radius 3 is 2.65 bits per heavy atom. The van der Waals surface area contributed by atoms with Crippen LogP contribution < -0.4 is 15.3 Å². The SMILES string of the molecule is COc1cccc2sc(N(CCN(C)C)C(=O)c3cc4ccccc4oc3=O)nc12.Cl. The molecule has 0 bridgehead atoms. The van der Waals surface area contributed by atoms with Crippen LogP contribution >= 0.6 is 23.7 Å². The highest BCUT2D eigenvalue weighted by Gasteiger charge is 2.25. The van der Waals surface area contributed by atoms with Crippen LogP contribution in [0, 0.1) is 0 Å². The second kappa shape index (κ2) is 9.47. The van der Waals surface area contributed by atoms with Gasteiger partial charge in [0.05, 0.1) is 11.8 Å². The van der Waals surface area contributed by atoms with Crippen LogP contribution in [-0.4, -0.2) is 50.1 Å². The average Bonchev–Trinajstić information content (AvgIpc) is 3.17. The maximum Gasteiger partial charge on any atom is 0.349 e. The first-order valence-corrected chi connectivity index (χ1v) is 10.2. The number of likely N-dealkylation sites (N-methyl/N-ethyl adjacent to an activating group) is 1. The van der Waals surface area contributed by atoms with E-state index in [1.54, 1.807) is 25.3 Å². The van der Waals surface area contributed by atoms with Gasteiger partial charge in [0.2, 0.25) is 0 Å². The molecule has 31 heavy (non-hydrogen) atoms. The lowest BCUT2D eigenvalue weighted by Gasteiger charge is -2.21. The third-order valence-corrected chi connectivity index (χ3v) is 5.75. The lowest BCUT2D eigenvalue weighted by atomic mass is 10.1. The summed E-state index contributed by atoms with van der Waals surface area (Å²) in [5, 5.41) is 1.20. The largest absolute Gasteiger partial charge is 0.494 e. The van der Waals surface area contributed by atoms with E-state index in [0.717, 1.165) is 4.70 Å². The highest BCUT2D eigenvalue weighted by atomic mass is 35.5. The van der Waals surface area contributed by atoms with Gasteiger partial charge >= 0.3 is 5.63 Å². The monoisotopic (exact) mass is 459 g/mol. The fraction of sp³-hybridized carbons (Fsp3) is 0.227. The van der Waals surface area contributed by atoms with E-state index in [4.69, 9.17) is 9.15 Å². The van der Waals surface area contributed by atoms with Crippen LogP contribution in [0.3, 0.4) is 0 Å². The second-order valence-electron chi connectivity index (χ2n) is 7.05. The molecule has 2 aromatic heterocycles. The van der Waals surface area contributed by atoms with Crippen molar-refractivity contribution >= 4 is 56.0 Å². The van der Waals surface area contributed by atoms with Crippen LogP contribution in [0.2, 0.25) is 0 Å². The number of aromatic nitrogens is 1. The number of hydrogen-bond acceptors (Lipinski definition) is 7. The summed E-state index contributed by atoms with van der Waals surface area (Å²) in [7, 11) is 5.44. The topological polar surface area (TPSA) is 75.9 Å². The van der Waals surface area contributed by atoms with E-state index in [-0.39, 0.29) is 18.0 Å². The first kappa shape index (κ1) is 22.7. The third kappa shape index (κ3) is 4.56. The summed E-state index contributed by atoms with van der Waals surface area (Å²) in [6, 6.07) is 14.3. The Hall–Kier alpha value is -2.94. The molecule has 162 valence electrons. The van der Waals surface area contributed by atoms with Crippen molar-refractivity contribution in [2.45, 2.75) is 0 Å². The van der Waals surface area contributed by atoms with Crippen LogP contribution in [0.15, 0.2) is 57.7 Å². The molecule has 0 spiro atoms. The van der Waals surface area contributed by atoms with E-state index < -0.39 is 11.5 Å². The number of nitrogens with zero attached hydrogens (tertiary/aromatic N) is 3. The lowest BCUT2D eigenvalue weighted by Crippen LogP contribution is -2.38. The Labute approximate surface area is 189 Å². The molecule has 2 heterocycles. The molecule has 0 aliphatic rings. The number of carbonyl (C=O) groups is 1. The number of hydrogen-bond donors (Lipinski definition) is 0. The summed E-state index contributed by atoms with van der Waals surface area (Å²) in [6.07, 6.45) is 0. The van der Waals surface area contributed by atoms with Crippen molar-refractivity contribution in [1.29, 1.82) is 0 Å². The van der Waals surface area contributed by atoms with E-state index in [0.29, 0.717) is 40.5 Å². The maximum absolute atomic E-state index is 13.4. The zero-order chi connectivity index (χ0) is 21.3. The van der Waals surface area contributed by atoms with Crippen LogP contribution in [0.25, 0.3) is 21.2 Å². The number of para-hydroxylation sites is 2. The van der Waals surface area contributed by atoms with Gasteiger partial charge in [-0.15, -0.1) is 12.4 Å². The van der Waals surface area contributed by atoms with Crippen molar-refractivity contribution in [3.05, 3.63) is 64.5 Å². The number of methoxy groups -OCH3 is 1. The summed E-state index contributed by atoms with van der Waals surface area (Å²) in [5.41, 5.74) is 0.461. The molecule has 0 unspecified atom stereocenters. The summed E-state index contributed by atoms with van der Waals surface area (Å²) in [6.45, 7) is 0.984. The minimum Gasteiger partial charge on any atom is -0.494 e. The van der Waals surface area contributed by atoms with Gasteiger partial charge in [-0.1, -0.05) is 35.6 Å². The van der Waals surface area contributed by atoms with E-state index in [1.807, 2.05) is 49.3 Å². The van der Waals surface area contributed by atoms with Gasteiger partial charge in [0, 0.05) is 18.5 Å². The van der Waals surface area contributed by atoms with E-state index in [9.17, 15) is 9.59 Å². The minimum atomic E-state index is -0.660. The van der Waals surface area contributed by atoms with E-state index in [1.165, 1.54) is 16.2 Å². The van der Waals surface area contributed by atoms with Crippen LogP contribution in [0.1, 0.15) is 10.4 Å². The van der Waals surface area contributed by atoms with Crippen LogP contribution in [0.4, 0.5) is 5.13 Å². The first-order valence-electron chi connectivity index (χ1n) is 9.41. The Bertz CT molecular complexity index is 1280. The van der Waals surface area contributed by atoms with E-state index >= 15 is 0 Å². The number of benzene rings is 2. The molecule has 0 saturated heterocycles. The molecule has 9 heteroatoms. The fourth-order valence-electron chi connectivity index (χ4n) is 3.13. The van der Waals surface area contributed by atoms with Crippen LogP contribution in [0.5, 0.6) is 5.75 Å². The molecule has 4 aromatic rings. The number of ether oxygens (including phenoxy) is 1. The van der Waals surface area contributed by atoms with Gasteiger partial charge in [-0.2, -0.15) is 0 Å². The molecule has 7 nitrogen and oxygen atoms in total. The third-order valence-electron chi connectivity index (χ3n) is 4.71. The average molecular weight is 460 g/mol. The molecule has 0 aliphatic carbocycles. The molecule has 0 aliphatic heterocycles. The first-order chi connectivity index (χ1) is 14.5. The maximum atomic E-state index is 13.4. The summed E-state index contributed by atoms with van der Waals surface area (Å²) >= 11 is 1.38. The minimum absolute atomic E-state index is 0. The van der Waals surface area contributed by atoms with E-state index in [2.05, 4.69) is 4.98 Å². The highest BCUT2D eigenvalue weighted by Crippen LogP contribution is 2.34. The number of fused-ring (bicyclic) bond motifs is 2. The summed E-state index contributed by atoms with van der Waals surface area (Å²) in [4.78, 5) is 34.1. The van der Waals surface area contributed by atoms with Crippen molar-refractivity contribution in [2.24, 2.45) is 0 Å². The molecule has 0 N–H and O–H groups in total. The van der Waals surface area contributed by atoms with Crippen molar-refractivity contribution in [1.82, 2.24) is 9.88 Å². The van der Waals surface area contributed by atoms with Crippen molar-refractivity contribution in [2.75, 3.05) is 39.2 Å². The van der Waals surface area contributed by atoms with Gasteiger partial charge in [-0.05, 0) is 38.4 Å². The molecule has 0 radical (unpaired) electrons. The molecule has 0 fully saturated rings. The Balaban J connectivity index is 0.00000272. The number of thiazole rings is 1. The van der Waals surface area contributed by atoms with Gasteiger partial charge in [0.25, 0.3) is 5.91 Å². The number of anilines is 1. The molecule has 0 saturated carbocycles. The zero-order valence-electron chi connectivity index (χ0n) is 17.3. The normalized spacial score (nSPS) is 11.0. The highest BCUT2D eigenvalue weighted by molar-refractivity contribution is 7.22. The molecule has 4 rings (SSSR count). The van der Waals surface area contributed by atoms with Crippen molar-refractivity contribution < 1.29 is 13.9 Å².